The first kappa shape index (κ1) is 23.6. The Labute approximate surface area is 189 Å². The van der Waals surface area contributed by atoms with Gasteiger partial charge in [0.05, 0.1) is 29.6 Å². The Kier molecular flexibility index (Phi) is 5.56. The number of benzene rings is 1. The number of nitrogens with one attached hydrogen (secondary N) is 1. The van der Waals surface area contributed by atoms with Gasteiger partial charge in [0, 0.05) is 18.0 Å². The van der Waals surface area contributed by atoms with Crippen LogP contribution in [0.15, 0.2) is 41.7 Å². The van der Waals surface area contributed by atoms with E-state index in [1.165, 1.54) is 18.0 Å². The van der Waals surface area contributed by atoms with Gasteiger partial charge in [-0.3, -0.25) is 4.68 Å². The number of primary sulfonamides is 1. The minimum atomic E-state index is -4.82. The number of rotatable bonds is 6. The van der Waals surface area contributed by atoms with E-state index < -0.39 is 55.6 Å². The maximum absolute atomic E-state index is 14.3. The summed E-state index contributed by atoms with van der Waals surface area (Å²) in [6, 6.07) is 2.69. The molecular weight excluding hydrogens is 484 g/mol. The van der Waals surface area contributed by atoms with Crippen molar-refractivity contribution >= 4 is 27.6 Å². The van der Waals surface area contributed by atoms with Crippen LogP contribution in [0.1, 0.15) is 18.4 Å². The van der Waals surface area contributed by atoms with Crippen molar-refractivity contribution in [3.63, 3.8) is 0 Å². The molecule has 1 aliphatic carbocycles. The first-order valence-corrected chi connectivity index (χ1v) is 11.1. The normalized spacial score (nSPS) is 15.1. The molecule has 0 spiro atoms. The molecule has 4 rings (SSSR count). The van der Waals surface area contributed by atoms with Crippen LogP contribution in [0.3, 0.4) is 0 Å². The minimum absolute atomic E-state index is 0.0574. The Bertz CT molecular complexity index is 1390. The van der Waals surface area contributed by atoms with Gasteiger partial charge in [-0.05, 0) is 31.0 Å². The molecule has 34 heavy (non-hydrogen) atoms. The Balaban J connectivity index is 1.72. The van der Waals surface area contributed by atoms with E-state index in [4.69, 9.17) is 9.88 Å². The van der Waals surface area contributed by atoms with Gasteiger partial charge in [-0.1, -0.05) is 0 Å². The maximum atomic E-state index is 14.3. The lowest BCUT2D eigenvalue weighted by atomic mass is 10.1. The zero-order chi connectivity index (χ0) is 24.9. The summed E-state index contributed by atoms with van der Waals surface area (Å²) < 4.78 is 83.9. The average molecular weight is 500 g/mol. The third-order valence-electron chi connectivity index (χ3n) is 5.19. The van der Waals surface area contributed by atoms with E-state index >= 15 is 0 Å². The van der Waals surface area contributed by atoms with Crippen LogP contribution in [0.4, 0.5) is 29.2 Å². The van der Waals surface area contributed by atoms with Gasteiger partial charge < -0.3 is 10.1 Å². The van der Waals surface area contributed by atoms with Gasteiger partial charge in [-0.15, -0.1) is 0 Å². The van der Waals surface area contributed by atoms with Crippen molar-refractivity contribution in [2.75, 3.05) is 12.4 Å². The number of esters is 1. The Hall–Kier alpha value is -3.59. The molecule has 2 aromatic heterocycles. The van der Waals surface area contributed by atoms with E-state index in [2.05, 4.69) is 20.4 Å². The fraction of sp³-hybridized carbons (Fsp3) is 0.263. The number of carbonyl (C=O) groups is 1. The number of hydrogen-bond donors (Lipinski definition) is 2. The molecule has 180 valence electrons. The molecule has 2 heterocycles. The van der Waals surface area contributed by atoms with Crippen LogP contribution in [0.25, 0.3) is 11.3 Å². The molecule has 0 radical (unpaired) electrons. The number of anilines is 2. The molecule has 1 saturated carbocycles. The highest BCUT2D eigenvalue weighted by Crippen LogP contribution is 2.45. The molecule has 1 fully saturated rings. The fourth-order valence-electron chi connectivity index (χ4n) is 3.28. The lowest BCUT2D eigenvalue weighted by molar-refractivity contribution is -0.146. The van der Waals surface area contributed by atoms with E-state index in [0.717, 1.165) is 18.3 Å². The molecule has 0 unspecified atom stereocenters. The molecule has 15 heteroatoms. The lowest BCUT2D eigenvalue weighted by Gasteiger charge is -2.14. The van der Waals surface area contributed by atoms with Crippen molar-refractivity contribution in [2.24, 2.45) is 5.14 Å². The van der Waals surface area contributed by atoms with Crippen molar-refractivity contribution < 1.29 is 35.5 Å². The molecule has 0 aliphatic heterocycles. The highest BCUT2D eigenvalue weighted by molar-refractivity contribution is 7.89. The smallest absolute Gasteiger partial charge is 0.419 e. The quantitative estimate of drug-likeness (QED) is 0.389. The predicted octanol–water partition coefficient (Wildman–Crippen LogP) is 2.55. The summed E-state index contributed by atoms with van der Waals surface area (Å²) in [7, 11) is -2.96. The molecule has 3 aromatic rings. The predicted molar refractivity (Wildman–Crippen MR) is 109 cm³/mol. The third kappa shape index (κ3) is 4.31. The molecule has 3 N–H and O–H groups in total. The topological polar surface area (TPSA) is 142 Å². The molecule has 0 atom stereocenters. The second-order valence-corrected chi connectivity index (χ2v) is 9.02. The number of aromatic nitrogens is 4. The second kappa shape index (κ2) is 8.02. The van der Waals surface area contributed by atoms with Crippen LogP contribution in [-0.2, 0) is 31.3 Å². The highest BCUT2D eigenvalue weighted by atomic mass is 32.2. The SMILES string of the molecule is COC(=O)C1(n2cc(-c3nc(Nc4ccc(S(N)(=O)=O)cc4F)ncc3C(F)(F)F)cn2)CC1. The standard InChI is InChI=1S/C19H16F4N6O4S/c1-33-16(30)18(4-5-18)29-9-10(7-26-29)15-12(19(21,22)23)8-25-17(28-15)27-14-3-2-11(6-13(14)20)34(24,31)32/h2-3,6-9H,4-5H2,1H3,(H2,24,31,32)(H,25,27,28). The van der Waals surface area contributed by atoms with Gasteiger partial charge in [0.25, 0.3) is 0 Å². The Morgan fingerprint density at radius 2 is 1.97 bits per heavy atom. The fourth-order valence-corrected chi connectivity index (χ4v) is 3.80. The summed E-state index contributed by atoms with van der Waals surface area (Å²) in [4.78, 5) is 19.0. The first-order chi connectivity index (χ1) is 15.8. The largest absolute Gasteiger partial charge is 0.467 e. The van der Waals surface area contributed by atoms with Crippen LogP contribution in [-0.4, -0.2) is 41.2 Å². The molecule has 1 aromatic carbocycles. The Morgan fingerprint density at radius 1 is 1.26 bits per heavy atom. The van der Waals surface area contributed by atoms with Crippen LogP contribution >= 0.6 is 0 Å². The number of carbonyl (C=O) groups excluding carboxylic acids is 1. The van der Waals surface area contributed by atoms with E-state index in [0.29, 0.717) is 25.1 Å². The minimum Gasteiger partial charge on any atom is -0.467 e. The van der Waals surface area contributed by atoms with Crippen molar-refractivity contribution in [1.82, 2.24) is 19.7 Å². The van der Waals surface area contributed by atoms with E-state index in [1.807, 2.05) is 0 Å². The number of sulfonamides is 1. The van der Waals surface area contributed by atoms with Gasteiger partial charge in [-0.2, -0.15) is 18.3 Å². The average Bonchev–Trinajstić information content (AvgIpc) is 3.42. The monoisotopic (exact) mass is 500 g/mol. The maximum Gasteiger partial charge on any atom is 0.419 e. The van der Waals surface area contributed by atoms with Crippen LogP contribution in [0.5, 0.6) is 0 Å². The van der Waals surface area contributed by atoms with Crippen molar-refractivity contribution in [3.05, 3.63) is 48.2 Å². The van der Waals surface area contributed by atoms with Gasteiger partial charge in [0.1, 0.15) is 11.4 Å². The van der Waals surface area contributed by atoms with Crippen molar-refractivity contribution in [3.8, 4) is 11.3 Å². The lowest BCUT2D eigenvalue weighted by Crippen LogP contribution is -2.29. The van der Waals surface area contributed by atoms with Gasteiger partial charge >= 0.3 is 12.1 Å². The molecule has 10 nitrogen and oxygen atoms in total. The summed E-state index contributed by atoms with van der Waals surface area (Å²) in [6.45, 7) is 0. The van der Waals surface area contributed by atoms with Crippen molar-refractivity contribution in [2.45, 2.75) is 29.5 Å². The van der Waals surface area contributed by atoms with Gasteiger partial charge in [0.2, 0.25) is 16.0 Å². The summed E-state index contributed by atoms with van der Waals surface area (Å²) in [5, 5.41) is 11.4. The van der Waals surface area contributed by atoms with Crippen LogP contribution in [0, 0.1) is 5.82 Å². The number of ether oxygens (including phenoxy) is 1. The molecule has 1 aliphatic rings. The van der Waals surface area contributed by atoms with Crippen LogP contribution < -0.4 is 10.5 Å². The summed E-state index contributed by atoms with van der Waals surface area (Å²) in [6.07, 6.45) is -1.11. The third-order valence-corrected chi connectivity index (χ3v) is 6.10. The first-order valence-electron chi connectivity index (χ1n) is 9.53. The van der Waals surface area contributed by atoms with E-state index in [9.17, 15) is 30.8 Å². The van der Waals surface area contributed by atoms with E-state index in [1.54, 1.807) is 0 Å². The zero-order valence-electron chi connectivity index (χ0n) is 17.3. The highest BCUT2D eigenvalue weighted by Gasteiger charge is 2.54. The van der Waals surface area contributed by atoms with Gasteiger partial charge in [0.15, 0.2) is 5.54 Å². The van der Waals surface area contributed by atoms with Crippen LogP contribution in [0.2, 0.25) is 0 Å². The zero-order valence-corrected chi connectivity index (χ0v) is 18.1. The number of methoxy groups -OCH3 is 1. The summed E-state index contributed by atoms with van der Waals surface area (Å²) in [5.74, 6) is -2.01. The number of nitrogens with zero attached hydrogens (tertiary/aromatic N) is 4. The summed E-state index contributed by atoms with van der Waals surface area (Å²) >= 11 is 0. The molecule has 0 amide bonds. The number of nitrogens with two attached hydrogens (primary N) is 1. The number of halogens is 4. The molecular formula is C19H16F4N6O4S. The molecule has 0 saturated heterocycles. The number of hydrogen-bond acceptors (Lipinski definition) is 8. The summed E-state index contributed by atoms with van der Waals surface area (Å²) in [5.41, 5.74) is -3.16. The molecule has 0 bridgehead atoms. The second-order valence-electron chi connectivity index (χ2n) is 7.46. The van der Waals surface area contributed by atoms with E-state index in [-0.39, 0.29) is 11.3 Å². The Morgan fingerprint density at radius 3 is 2.53 bits per heavy atom. The van der Waals surface area contributed by atoms with Gasteiger partial charge in [-0.25, -0.2) is 32.7 Å². The number of alkyl halides is 3. The van der Waals surface area contributed by atoms with Crippen molar-refractivity contribution in [1.29, 1.82) is 0 Å².